The van der Waals surface area contributed by atoms with Crippen LogP contribution in [0.15, 0.2) is 186 Å². The molecule has 0 aliphatic carbocycles. The smallest absolute Gasteiger partial charge is 0.137 e. The Morgan fingerprint density at radius 2 is 0.725 bits per heavy atom. The molecular weight excluding hydrogens is 621 g/mol. The number of hydrogen-bond donors (Lipinski definition) is 0. The van der Waals surface area contributed by atoms with E-state index in [1.165, 1.54) is 60.3 Å². The van der Waals surface area contributed by atoms with E-state index in [4.69, 9.17) is 4.42 Å². The van der Waals surface area contributed by atoms with Crippen molar-refractivity contribution in [1.29, 1.82) is 0 Å². The molecule has 0 amide bonds. The summed E-state index contributed by atoms with van der Waals surface area (Å²) in [7, 11) is 0. The van der Waals surface area contributed by atoms with Gasteiger partial charge in [-0.2, -0.15) is 0 Å². The van der Waals surface area contributed by atoms with Crippen molar-refractivity contribution in [2.75, 3.05) is 0 Å². The van der Waals surface area contributed by atoms with Crippen LogP contribution in [0.1, 0.15) is 0 Å². The number of hydrogen-bond acceptors (Lipinski definition) is 1. The minimum Gasteiger partial charge on any atom is -0.456 e. The minimum absolute atomic E-state index is 0.895. The molecule has 238 valence electrons. The first-order valence-electron chi connectivity index (χ1n) is 17.4. The van der Waals surface area contributed by atoms with E-state index in [1.54, 1.807) is 0 Å². The molecule has 0 N–H and O–H groups in total. The Morgan fingerprint density at radius 3 is 1.31 bits per heavy atom. The SMILES string of the molecule is c1ccc(-c2ccc3oc4cc5c(cc4c3c2)c2ccccc2n5-c2ccc(-c3ccc(-n4c5ccccc5c5ccccc54)cc3)cc2)cc1. The second-order valence-electron chi connectivity index (χ2n) is 13.4. The van der Waals surface area contributed by atoms with Crippen LogP contribution in [0.5, 0.6) is 0 Å². The summed E-state index contributed by atoms with van der Waals surface area (Å²) in [5.74, 6) is 0. The van der Waals surface area contributed by atoms with Crippen LogP contribution in [0.3, 0.4) is 0 Å². The van der Waals surface area contributed by atoms with Crippen LogP contribution in [0.4, 0.5) is 0 Å². The van der Waals surface area contributed by atoms with Crippen LogP contribution in [0.25, 0.3) is 99.2 Å². The van der Waals surface area contributed by atoms with Crippen molar-refractivity contribution in [2.45, 2.75) is 0 Å². The molecule has 51 heavy (non-hydrogen) atoms. The minimum atomic E-state index is 0.895. The maximum absolute atomic E-state index is 6.48. The van der Waals surface area contributed by atoms with E-state index >= 15 is 0 Å². The van der Waals surface area contributed by atoms with E-state index in [0.717, 1.165) is 38.8 Å². The lowest BCUT2D eigenvalue weighted by molar-refractivity contribution is 0.669. The fourth-order valence-electron chi connectivity index (χ4n) is 8.13. The third-order valence-electron chi connectivity index (χ3n) is 10.5. The normalized spacial score (nSPS) is 11.9. The van der Waals surface area contributed by atoms with Crippen LogP contribution in [-0.2, 0) is 0 Å². The fourth-order valence-corrected chi connectivity index (χ4v) is 8.13. The van der Waals surface area contributed by atoms with E-state index in [0.29, 0.717) is 0 Å². The number of rotatable bonds is 4. The number of para-hydroxylation sites is 3. The molecule has 8 aromatic carbocycles. The van der Waals surface area contributed by atoms with Gasteiger partial charge in [-0.3, -0.25) is 0 Å². The van der Waals surface area contributed by atoms with Crippen molar-refractivity contribution in [3.63, 3.8) is 0 Å². The predicted octanol–water partition coefficient (Wildman–Crippen LogP) is 13.1. The van der Waals surface area contributed by atoms with E-state index < -0.39 is 0 Å². The molecule has 3 heterocycles. The van der Waals surface area contributed by atoms with Crippen LogP contribution in [0, 0.1) is 0 Å². The molecular formula is C48H30N2O. The summed E-state index contributed by atoms with van der Waals surface area (Å²) in [6.07, 6.45) is 0. The molecule has 0 saturated heterocycles. The Kier molecular flexibility index (Phi) is 5.96. The van der Waals surface area contributed by atoms with Crippen molar-refractivity contribution in [1.82, 2.24) is 9.13 Å². The Balaban J connectivity index is 0.998. The molecule has 0 bridgehead atoms. The third-order valence-corrected chi connectivity index (χ3v) is 10.5. The largest absolute Gasteiger partial charge is 0.456 e. The Labute approximate surface area is 293 Å². The van der Waals surface area contributed by atoms with Gasteiger partial charge in [0.05, 0.1) is 22.1 Å². The average molecular weight is 651 g/mol. The number of aromatic nitrogens is 2. The zero-order chi connectivity index (χ0) is 33.5. The van der Waals surface area contributed by atoms with Gasteiger partial charge in [0.1, 0.15) is 11.2 Å². The summed E-state index contributed by atoms with van der Waals surface area (Å²) in [4.78, 5) is 0. The molecule has 3 aromatic heterocycles. The van der Waals surface area contributed by atoms with Gasteiger partial charge in [0.25, 0.3) is 0 Å². The highest BCUT2D eigenvalue weighted by molar-refractivity contribution is 6.17. The summed E-state index contributed by atoms with van der Waals surface area (Å²) in [5, 5.41) is 7.27. The van der Waals surface area contributed by atoms with Gasteiger partial charge in [-0.1, -0.05) is 115 Å². The first kappa shape index (κ1) is 28.0. The van der Waals surface area contributed by atoms with Gasteiger partial charge < -0.3 is 13.6 Å². The molecule has 0 aliphatic heterocycles. The third kappa shape index (κ3) is 4.25. The van der Waals surface area contributed by atoms with Crippen LogP contribution in [0.2, 0.25) is 0 Å². The van der Waals surface area contributed by atoms with Gasteiger partial charge in [0.2, 0.25) is 0 Å². The molecule has 0 atom stereocenters. The lowest BCUT2D eigenvalue weighted by atomic mass is 10.0. The maximum atomic E-state index is 6.48. The molecule has 0 fully saturated rings. The highest BCUT2D eigenvalue weighted by Crippen LogP contribution is 2.40. The Hall–Kier alpha value is -6.84. The molecule has 11 aromatic rings. The molecule has 0 spiro atoms. The van der Waals surface area contributed by atoms with Crippen LogP contribution in [-0.4, -0.2) is 9.13 Å². The lowest BCUT2D eigenvalue weighted by Crippen LogP contribution is -1.94. The van der Waals surface area contributed by atoms with Crippen molar-refractivity contribution in [3.05, 3.63) is 182 Å². The van der Waals surface area contributed by atoms with Crippen molar-refractivity contribution in [3.8, 4) is 33.6 Å². The Bertz CT molecular complexity index is 3050. The maximum Gasteiger partial charge on any atom is 0.137 e. The van der Waals surface area contributed by atoms with Crippen molar-refractivity contribution in [2.24, 2.45) is 0 Å². The molecule has 3 nitrogen and oxygen atoms in total. The van der Waals surface area contributed by atoms with Crippen LogP contribution < -0.4 is 0 Å². The zero-order valence-corrected chi connectivity index (χ0v) is 27.6. The monoisotopic (exact) mass is 650 g/mol. The van der Waals surface area contributed by atoms with E-state index in [1.807, 2.05) is 0 Å². The molecule has 0 unspecified atom stereocenters. The summed E-state index contributed by atoms with van der Waals surface area (Å²) in [6.45, 7) is 0. The standard InChI is InChI=1S/C48H30N2O/c1-2-10-31(11-3-1)34-22-27-47-41(28-34)42-29-40-39-14-6-9-17-45(39)50(46(40)30-48(42)51-47)36-25-20-33(21-26-36)32-18-23-35(24-19-32)49-43-15-7-4-12-37(43)38-13-5-8-16-44(38)49/h1-30H. The van der Waals surface area contributed by atoms with Crippen molar-refractivity contribution < 1.29 is 4.42 Å². The highest BCUT2D eigenvalue weighted by atomic mass is 16.3. The molecule has 0 radical (unpaired) electrons. The van der Waals surface area contributed by atoms with E-state index in [-0.39, 0.29) is 0 Å². The highest BCUT2D eigenvalue weighted by Gasteiger charge is 2.17. The second kappa shape index (κ2) is 10.8. The van der Waals surface area contributed by atoms with Gasteiger partial charge in [-0.05, 0) is 82.9 Å². The first-order chi connectivity index (χ1) is 25.3. The molecule has 3 heteroatoms. The summed E-state index contributed by atoms with van der Waals surface area (Å²) < 4.78 is 11.2. The number of benzene rings is 8. The van der Waals surface area contributed by atoms with Crippen LogP contribution >= 0.6 is 0 Å². The number of nitrogens with zero attached hydrogens (tertiary/aromatic N) is 2. The summed E-state index contributed by atoms with van der Waals surface area (Å²) >= 11 is 0. The average Bonchev–Trinajstić information content (AvgIpc) is 3.84. The lowest BCUT2D eigenvalue weighted by Gasteiger charge is -2.11. The van der Waals surface area contributed by atoms with Gasteiger partial charge in [-0.25, -0.2) is 0 Å². The molecule has 11 rings (SSSR count). The number of furan rings is 1. The van der Waals surface area contributed by atoms with Crippen molar-refractivity contribution >= 4 is 65.6 Å². The van der Waals surface area contributed by atoms with Gasteiger partial charge >= 0.3 is 0 Å². The zero-order valence-electron chi connectivity index (χ0n) is 27.6. The summed E-state index contributed by atoms with van der Waals surface area (Å²) in [5.41, 5.74) is 13.6. The predicted molar refractivity (Wildman–Crippen MR) is 213 cm³/mol. The molecule has 0 aliphatic rings. The number of fused-ring (bicyclic) bond motifs is 9. The van der Waals surface area contributed by atoms with E-state index in [9.17, 15) is 0 Å². The topological polar surface area (TPSA) is 23.0 Å². The van der Waals surface area contributed by atoms with Gasteiger partial charge in [0.15, 0.2) is 0 Å². The Morgan fingerprint density at radius 1 is 0.275 bits per heavy atom. The van der Waals surface area contributed by atoms with E-state index in [2.05, 4.69) is 191 Å². The molecule has 0 saturated carbocycles. The summed E-state index contributed by atoms with van der Waals surface area (Å²) in [6, 6.07) is 65.4. The fraction of sp³-hybridized carbons (Fsp3) is 0. The van der Waals surface area contributed by atoms with Gasteiger partial charge in [-0.15, -0.1) is 0 Å². The second-order valence-corrected chi connectivity index (χ2v) is 13.4. The quantitative estimate of drug-likeness (QED) is 0.186. The van der Waals surface area contributed by atoms with Gasteiger partial charge in [0, 0.05) is 49.8 Å². The first-order valence-corrected chi connectivity index (χ1v) is 17.4.